The Balaban J connectivity index is 1.97. The van der Waals surface area contributed by atoms with Crippen LogP contribution in [-0.2, 0) is 4.79 Å². The molecular formula is C24H29N3O. The van der Waals surface area contributed by atoms with E-state index in [4.69, 9.17) is 0 Å². The summed E-state index contributed by atoms with van der Waals surface area (Å²) < 4.78 is 0. The molecule has 0 unspecified atom stereocenters. The molecule has 146 valence electrons. The minimum Gasteiger partial charge on any atom is -0.372 e. The largest absolute Gasteiger partial charge is 0.372 e. The van der Waals surface area contributed by atoms with Gasteiger partial charge in [0.1, 0.15) is 0 Å². The van der Waals surface area contributed by atoms with Crippen LogP contribution in [0.1, 0.15) is 40.2 Å². The van der Waals surface area contributed by atoms with Gasteiger partial charge in [-0.2, -0.15) is 10.1 Å². The van der Waals surface area contributed by atoms with Gasteiger partial charge < -0.3 is 4.90 Å². The van der Waals surface area contributed by atoms with Crippen LogP contribution in [0.5, 0.6) is 0 Å². The molecule has 1 heterocycles. The van der Waals surface area contributed by atoms with E-state index >= 15 is 0 Å². The van der Waals surface area contributed by atoms with Crippen molar-refractivity contribution < 1.29 is 4.79 Å². The van der Waals surface area contributed by atoms with Gasteiger partial charge >= 0.3 is 0 Å². The lowest BCUT2D eigenvalue weighted by molar-refractivity contribution is -0.114. The summed E-state index contributed by atoms with van der Waals surface area (Å²) in [6.45, 7) is 12.5. The number of rotatable bonds is 5. The molecular weight excluding hydrogens is 346 g/mol. The molecule has 1 aliphatic rings. The van der Waals surface area contributed by atoms with Crippen molar-refractivity contribution in [1.29, 1.82) is 0 Å². The lowest BCUT2D eigenvalue weighted by Gasteiger charge is -2.21. The molecule has 0 radical (unpaired) electrons. The summed E-state index contributed by atoms with van der Waals surface area (Å²) in [6.07, 6.45) is 1.96. The Morgan fingerprint density at radius 1 is 0.964 bits per heavy atom. The summed E-state index contributed by atoms with van der Waals surface area (Å²) >= 11 is 0. The van der Waals surface area contributed by atoms with Crippen molar-refractivity contribution in [3.05, 3.63) is 65.7 Å². The van der Waals surface area contributed by atoms with Crippen LogP contribution in [0.3, 0.4) is 0 Å². The number of hydrogen-bond acceptors (Lipinski definition) is 3. The highest BCUT2D eigenvalue weighted by molar-refractivity contribution is 6.34. The molecule has 28 heavy (non-hydrogen) atoms. The Labute approximate surface area is 168 Å². The molecule has 0 saturated carbocycles. The highest BCUT2D eigenvalue weighted by atomic mass is 16.2. The maximum absolute atomic E-state index is 13.2. The van der Waals surface area contributed by atoms with E-state index in [0.717, 1.165) is 30.1 Å². The fraction of sp³-hybridized carbons (Fsp3) is 0.333. The van der Waals surface area contributed by atoms with Gasteiger partial charge in [0.2, 0.25) is 0 Å². The number of carbonyl (C=O) groups is 1. The monoisotopic (exact) mass is 375 g/mol. The van der Waals surface area contributed by atoms with E-state index in [1.807, 2.05) is 36.4 Å². The van der Waals surface area contributed by atoms with Crippen molar-refractivity contribution in [2.24, 2.45) is 10.5 Å². The second-order valence-corrected chi connectivity index (χ2v) is 7.97. The van der Waals surface area contributed by atoms with E-state index in [2.05, 4.69) is 68.9 Å². The first-order valence-corrected chi connectivity index (χ1v) is 9.90. The second-order valence-electron chi connectivity index (χ2n) is 7.97. The topological polar surface area (TPSA) is 35.9 Å². The predicted octanol–water partition coefficient (Wildman–Crippen LogP) is 5.37. The van der Waals surface area contributed by atoms with Crippen LogP contribution < -0.4 is 9.91 Å². The molecule has 4 nitrogen and oxygen atoms in total. The van der Waals surface area contributed by atoms with Crippen LogP contribution >= 0.6 is 0 Å². The van der Waals surface area contributed by atoms with Crippen LogP contribution in [0.15, 0.2) is 65.3 Å². The van der Waals surface area contributed by atoms with Gasteiger partial charge in [-0.15, -0.1) is 0 Å². The first-order chi connectivity index (χ1) is 13.3. The lowest BCUT2D eigenvalue weighted by Crippen LogP contribution is -2.24. The molecule has 0 fully saturated rings. The average molecular weight is 376 g/mol. The van der Waals surface area contributed by atoms with E-state index in [9.17, 15) is 4.79 Å². The minimum absolute atomic E-state index is 0.0797. The first kappa shape index (κ1) is 19.9. The molecule has 0 N–H and O–H groups in total. The van der Waals surface area contributed by atoms with E-state index < -0.39 is 0 Å². The number of carbonyl (C=O) groups excluding carboxylic acids is 1. The fourth-order valence-electron chi connectivity index (χ4n) is 3.38. The third-order valence-corrected chi connectivity index (χ3v) is 4.92. The summed E-state index contributed by atoms with van der Waals surface area (Å²) in [4.78, 5) is 15.5. The Kier molecular flexibility index (Phi) is 5.68. The Morgan fingerprint density at radius 2 is 1.57 bits per heavy atom. The Morgan fingerprint density at radius 3 is 2.11 bits per heavy atom. The Bertz CT molecular complexity index is 886. The maximum Gasteiger partial charge on any atom is 0.280 e. The van der Waals surface area contributed by atoms with E-state index in [0.29, 0.717) is 5.57 Å². The lowest BCUT2D eigenvalue weighted by atomic mass is 9.85. The average Bonchev–Trinajstić information content (AvgIpc) is 3.01. The summed E-state index contributed by atoms with van der Waals surface area (Å²) in [5, 5.41) is 6.20. The standard InChI is InChI=1S/C24H29N3O/c1-6-26(7-2)19-15-13-18(14-16-19)17-21-22(24(3,4)5)25-27(23(21)28)20-11-9-8-10-12-20/h8-17H,6-7H2,1-5H3/b21-17-. The maximum atomic E-state index is 13.2. The van der Waals surface area contributed by atoms with Gasteiger partial charge in [-0.3, -0.25) is 4.79 Å². The number of para-hydroxylation sites is 1. The molecule has 0 aromatic heterocycles. The molecule has 0 aliphatic carbocycles. The zero-order valence-electron chi connectivity index (χ0n) is 17.4. The fourth-order valence-corrected chi connectivity index (χ4v) is 3.38. The van der Waals surface area contributed by atoms with Gasteiger partial charge in [0.25, 0.3) is 5.91 Å². The zero-order valence-corrected chi connectivity index (χ0v) is 17.4. The number of hydrazone groups is 1. The van der Waals surface area contributed by atoms with Crippen molar-refractivity contribution in [1.82, 2.24) is 0 Å². The molecule has 1 amide bonds. The van der Waals surface area contributed by atoms with Crippen LogP contribution in [0.25, 0.3) is 6.08 Å². The van der Waals surface area contributed by atoms with Gasteiger partial charge in [-0.05, 0) is 49.8 Å². The highest BCUT2D eigenvalue weighted by Gasteiger charge is 2.37. The molecule has 0 atom stereocenters. The third kappa shape index (κ3) is 4.01. The normalized spacial score (nSPS) is 15.9. The molecule has 0 spiro atoms. The van der Waals surface area contributed by atoms with E-state index in [1.54, 1.807) is 0 Å². The molecule has 1 aliphatic heterocycles. The summed E-state index contributed by atoms with van der Waals surface area (Å²) in [5.41, 5.74) is 4.23. The molecule has 0 saturated heterocycles. The summed E-state index contributed by atoms with van der Waals surface area (Å²) in [7, 11) is 0. The quantitative estimate of drug-likeness (QED) is 0.659. The SMILES string of the molecule is CCN(CC)c1ccc(/C=C2\C(=O)N(c3ccccc3)N=C2C(C)(C)C)cc1. The third-order valence-electron chi connectivity index (χ3n) is 4.92. The second kappa shape index (κ2) is 8.01. The van der Waals surface area contributed by atoms with E-state index in [1.165, 1.54) is 10.7 Å². The molecule has 0 bridgehead atoms. The number of hydrogen-bond donors (Lipinski definition) is 0. The molecule has 3 rings (SSSR count). The molecule has 2 aromatic carbocycles. The smallest absolute Gasteiger partial charge is 0.280 e. The first-order valence-electron chi connectivity index (χ1n) is 9.90. The molecule has 4 heteroatoms. The van der Waals surface area contributed by atoms with Crippen molar-refractivity contribution >= 4 is 29.1 Å². The van der Waals surface area contributed by atoms with Gasteiger partial charge in [-0.25, -0.2) is 0 Å². The van der Waals surface area contributed by atoms with Crippen molar-refractivity contribution in [2.45, 2.75) is 34.6 Å². The summed E-state index contributed by atoms with van der Waals surface area (Å²) in [5.74, 6) is -0.0797. The van der Waals surface area contributed by atoms with Crippen LogP contribution in [0.2, 0.25) is 0 Å². The van der Waals surface area contributed by atoms with Crippen molar-refractivity contribution in [3.63, 3.8) is 0 Å². The van der Waals surface area contributed by atoms with Crippen molar-refractivity contribution in [2.75, 3.05) is 23.0 Å². The Hall–Kier alpha value is -2.88. The van der Waals surface area contributed by atoms with Gasteiger partial charge in [0.15, 0.2) is 0 Å². The van der Waals surface area contributed by atoms with Crippen molar-refractivity contribution in [3.8, 4) is 0 Å². The van der Waals surface area contributed by atoms with Crippen LogP contribution in [0.4, 0.5) is 11.4 Å². The number of benzene rings is 2. The zero-order chi connectivity index (χ0) is 20.3. The van der Waals surface area contributed by atoms with E-state index in [-0.39, 0.29) is 11.3 Å². The van der Waals surface area contributed by atoms with Gasteiger partial charge in [0, 0.05) is 24.2 Å². The van der Waals surface area contributed by atoms with Crippen LogP contribution in [-0.4, -0.2) is 24.7 Å². The number of anilines is 2. The number of nitrogens with zero attached hydrogens (tertiary/aromatic N) is 3. The van der Waals surface area contributed by atoms with Crippen LogP contribution in [0, 0.1) is 5.41 Å². The number of amides is 1. The highest BCUT2D eigenvalue weighted by Crippen LogP contribution is 2.32. The van der Waals surface area contributed by atoms with Gasteiger partial charge in [0.05, 0.1) is 17.0 Å². The minimum atomic E-state index is -0.230. The predicted molar refractivity (Wildman–Crippen MR) is 119 cm³/mol. The van der Waals surface area contributed by atoms with Gasteiger partial charge in [-0.1, -0.05) is 51.1 Å². The molecule has 2 aromatic rings. The summed E-state index contributed by atoms with van der Waals surface area (Å²) in [6, 6.07) is 18.0.